The Morgan fingerprint density at radius 3 is 2.50 bits per heavy atom. The first kappa shape index (κ1) is 26.3. The summed E-state index contributed by atoms with van der Waals surface area (Å²) in [6, 6.07) is 6.04. The predicted octanol–water partition coefficient (Wildman–Crippen LogP) is 2.73. The number of thiophene rings is 1. The Balaban J connectivity index is 0.00000363. The van der Waals surface area contributed by atoms with Crippen molar-refractivity contribution in [2.75, 3.05) is 50.7 Å². The number of carbonyl (C=O) groups is 1. The van der Waals surface area contributed by atoms with E-state index in [4.69, 9.17) is 4.99 Å². The van der Waals surface area contributed by atoms with Gasteiger partial charge in [0.25, 0.3) is 0 Å². The van der Waals surface area contributed by atoms with Crippen LogP contribution in [0.4, 0.5) is 5.95 Å². The number of hydrogen-bond acceptors (Lipinski definition) is 6. The lowest BCUT2D eigenvalue weighted by atomic mass is 9.92. The zero-order chi connectivity index (χ0) is 22.1. The predicted molar refractivity (Wildman–Crippen MR) is 142 cm³/mol. The summed E-state index contributed by atoms with van der Waals surface area (Å²) < 4.78 is 0. The highest BCUT2D eigenvalue weighted by atomic mass is 127. The van der Waals surface area contributed by atoms with Crippen LogP contribution in [0.15, 0.2) is 41.0 Å². The molecular weight excluding hydrogens is 537 g/mol. The summed E-state index contributed by atoms with van der Waals surface area (Å²) in [7, 11) is 0. The molecule has 0 aliphatic carbocycles. The number of halogens is 1. The van der Waals surface area contributed by atoms with Crippen LogP contribution in [0.5, 0.6) is 0 Å². The van der Waals surface area contributed by atoms with Crippen LogP contribution in [0.2, 0.25) is 0 Å². The van der Waals surface area contributed by atoms with E-state index in [1.807, 2.05) is 17.9 Å². The minimum Gasteiger partial charge on any atom is -0.357 e. The zero-order valence-electron chi connectivity index (χ0n) is 19.1. The Morgan fingerprint density at radius 1 is 1.16 bits per heavy atom. The monoisotopic (exact) mass is 571 g/mol. The fourth-order valence-corrected chi connectivity index (χ4v) is 4.26. The second kappa shape index (κ2) is 12.9. The van der Waals surface area contributed by atoms with Crippen LogP contribution in [-0.2, 0) is 10.2 Å². The van der Waals surface area contributed by atoms with Crippen LogP contribution in [0.1, 0.15) is 32.1 Å². The highest BCUT2D eigenvalue weighted by molar-refractivity contribution is 14.0. The first-order valence-corrected chi connectivity index (χ1v) is 11.7. The summed E-state index contributed by atoms with van der Waals surface area (Å²) in [5.74, 6) is 1.65. The maximum Gasteiger partial charge on any atom is 0.225 e. The molecule has 1 fully saturated rings. The van der Waals surface area contributed by atoms with E-state index in [2.05, 4.69) is 56.9 Å². The summed E-state index contributed by atoms with van der Waals surface area (Å²) in [6.45, 7) is 11.4. The molecule has 1 amide bonds. The van der Waals surface area contributed by atoms with Crippen molar-refractivity contribution in [3.8, 4) is 0 Å². The topological polar surface area (TPSA) is 85.8 Å². The second-order valence-corrected chi connectivity index (χ2v) is 9.10. The number of piperazine rings is 1. The third-order valence-corrected chi connectivity index (χ3v) is 6.50. The molecule has 10 heteroatoms. The number of guanidine groups is 1. The minimum atomic E-state index is -0.0194. The van der Waals surface area contributed by atoms with E-state index in [1.54, 1.807) is 23.7 Å². The summed E-state index contributed by atoms with van der Waals surface area (Å²) in [5.41, 5.74) is -0.0194. The fraction of sp³-hybridized carbons (Fsp3) is 0.545. The van der Waals surface area contributed by atoms with Crippen LogP contribution in [0.3, 0.4) is 0 Å². The van der Waals surface area contributed by atoms with E-state index in [0.717, 1.165) is 31.5 Å². The van der Waals surface area contributed by atoms with Crippen LogP contribution in [0, 0.1) is 0 Å². The van der Waals surface area contributed by atoms with Gasteiger partial charge in [-0.1, -0.05) is 19.9 Å². The lowest BCUT2D eigenvalue weighted by molar-refractivity contribution is -0.131. The van der Waals surface area contributed by atoms with Crippen molar-refractivity contribution >= 4 is 53.1 Å². The summed E-state index contributed by atoms with van der Waals surface area (Å²) in [4.78, 5) is 31.3. The number of anilines is 1. The summed E-state index contributed by atoms with van der Waals surface area (Å²) in [6.07, 6.45) is 3.94. The van der Waals surface area contributed by atoms with Crippen molar-refractivity contribution in [3.63, 3.8) is 0 Å². The Morgan fingerprint density at radius 2 is 1.88 bits per heavy atom. The van der Waals surface area contributed by atoms with Crippen molar-refractivity contribution in [2.45, 2.75) is 32.6 Å². The molecule has 0 radical (unpaired) electrons. The molecular formula is C22H34IN7OS. The summed E-state index contributed by atoms with van der Waals surface area (Å²) in [5, 5.41) is 8.68. The van der Waals surface area contributed by atoms with Crippen molar-refractivity contribution in [2.24, 2.45) is 4.99 Å². The van der Waals surface area contributed by atoms with Crippen molar-refractivity contribution in [1.82, 2.24) is 25.5 Å². The van der Waals surface area contributed by atoms with Crippen molar-refractivity contribution < 1.29 is 4.79 Å². The fourth-order valence-electron chi connectivity index (χ4n) is 3.42. The van der Waals surface area contributed by atoms with Gasteiger partial charge in [-0.15, -0.1) is 35.3 Å². The average Bonchev–Trinajstić information content (AvgIpc) is 3.34. The third-order valence-electron chi connectivity index (χ3n) is 5.26. The van der Waals surface area contributed by atoms with Gasteiger partial charge in [-0.05, 0) is 24.4 Å². The van der Waals surface area contributed by atoms with Crippen LogP contribution in [0.25, 0.3) is 0 Å². The van der Waals surface area contributed by atoms with Gasteiger partial charge in [0.05, 0.1) is 6.54 Å². The number of aromatic nitrogens is 2. The number of nitrogens with one attached hydrogen (secondary N) is 2. The number of hydrogen-bond donors (Lipinski definition) is 2. The quantitative estimate of drug-likeness (QED) is 0.288. The standard InChI is InChI=1S/C22H33N7OS.HI/c1-4-23-20(27-17-22(2,3)18-7-5-16-31-18)24-11-8-19(30)28-12-14-29(15-13-28)21-25-9-6-10-26-21;/h5-7,9-10,16H,4,8,11-15,17H2,1-3H3,(H2,23,24,27);1H. The summed E-state index contributed by atoms with van der Waals surface area (Å²) >= 11 is 1.76. The van der Waals surface area contributed by atoms with Gasteiger partial charge in [0.15, 0.2) is 5.96 Å². The maximum absolute atomic E-state index is 12.6. The van der Waals surface area contributed by atoms with E-state index < -0.39 is 0 Å². The molecule has 0 atom stereocenters. The van der Waals surface area contributed by atoms with E-state index in [0.29, 0.717) is 32.6 Å². The molecule has 1 aliphatic heterocycles. The van der Waals surface area contributed by atoms with E-state index in [1.165, 1.54) is 4.88 Å². The highest BCUT2D eigenvalue weighted by Gasteiger charge is 2.23. The normalized spacial score (nSPS) is 14.7. The Bertz CT molecular complexity index is 837. The Hall–Kier alpha value is -1.95. The minimum absolute atomic E-state index is 0. The van der Waals surface area contributed by atoms with Crippen LogP contribution >= 0.6 is 35.3 Å². The smallest absolute Gasteiger partial charge is 0.225 e. The molecule has 0 unspecified atom stereocenters. The molecule has 0 bridgehead atoms. The molecule has 176 valence electrons. The molecule has 0 spiro atoms. The van der Waals surface area contributed by atoms with Crippen LogP contribution in [-0.4, -0.2) is 72.5 Å². The molecule has 3 rings (SSSR count). The number of nitrogens with zero attached hydrogens (tertiary/aromatic N) is 5. The molecule has 2 N–H and O–H groups in total. The number of amides is 1. The lowest BCUT2D eigenvalue weighted by Crippen LogP contribution is -2.50. The second-order valence-electron chi connectivity index (χ2n) is 8.15. The Labute approximate surface area is 211 Å². The van der Waals surface area contributed by atoms with E-state index in [-0.39, 0.29) is 35.3 Å². The van der Waals surface area contributed by atoms with Gasteiger partial charge in [-0.2, -0.15) is 0 Å². The van der Waals surface area contributed by atoms with Crippen molar-refractivity contribution in [1.29, 1.82) is 0 Å². The van der Waals surface area contributed by atoms with Gasteiger partial charge in [0.1, 0.15) is 0 Å². The molecule has 0 saturated carbocycles. The molecule has 2 aromatic rings. The van der Waals surface area contributed by atoms with Gasteiger partial charge < -0.3 is 20.4 Å². The largest absolute Gasteiger partial charge is 0.357 e. The van der Waals surface area contributed by atoms with Gasteiger partial charge in [-0.25, -0.2) is 9.97 Å². The number of rotatable bonds is 8. The first-order chi connectivity index (χ1) is 15.0. The van der Waals surface area contributed by atoms with Crippen LogP contribution < -0.4 is 15.5 Å². The lowest BCUT2D eigenvalue weighted by Gasteiger charge is -2.34. The SMILES string of the molecule is CCNC(=NCC(C)(C)c1cccs1)NCCC(=O)N1CCN(c2ncccn2)CC1.I. The van der Waals surface area contributed by atoms with Gasteiger partial charge in [-0.3, -0.25) is 9.79 Å². The average molecular weight is 572 g/mol. The highest BCUT2D eigenvalue weighted by Crippen LogP contribution is 2.27. The Kier molecular flexibility index (Phi) is 10.6. The number of carbonyl (C=O) groups excluding carboxylic acids is 1. The van der Waals surface area contributed by atoms with Gasteiger partial charge in [0, 0.05) is 68.4 Å². The molecule has 3 heterocycles. The molecule has 1 saturated heterocycles. The van der Waals surface area contributed by atoms with E-state index in [9.17, 15) is 4.79 Å². The molecule has 8 nitrogen and oxygen atoms in total. The third kappa shape index (κ3) is 7.58. The molecule has 1 aliphatic rings. The maximum atomic E-state index is 12.6. The molecule has 32 heavy (non-hydrogen) atoms. The van der Waals surface area contributed by atoms with Crippen molar-refractivity contribution in [3.05, 3.63) is 40.8 Å². The van der Waals surface area contributed by atoms with E-state index >= 15 is 0 Å². The van der Waals surface area contributed by atoms with Gasteiger partial charge in [0.2, 0.25) is 11.9 Å². The number of aliphatic imine (C=N–C) groups is 1. The molecule has 0 aromatic carbocycles. The zero-order valence-corrected chi connectivity index (χ0v) is 22.2. The molecule has 2 aromatic heterocycles. The van der Waals surface area contributed by atoms with Gasteiger partial charge >= 0.3 is 0 Å². The first-order valence-electron chi connectivity index (χ1n) is 10.9.